The number of aromatic nitrogens is 1. The normalized spacial score (nSPS) is 11.6. The lowest BCUT2D eigenvalue weighted by Crippen LogP contribution is -2.14. The van der Waals surface area contributed by atoms with E-state index in [2.05, 4.69) is 0 Å². The number of halogens is 1. The lowest BCUT2D eigenvalue weighted by atomic mass is 10.1. The number of sulfone groups is 1. The molecule has 3 rings (SSSR count). The van der Waals surface area contributed by atoms with Crippen LogP contribution in [0.5, 0.6) is 5.75 Å². The van der Waals surface area contributed by atoms with Gasteiger partial charge < -0.3 is 14.4 Å². The summed E-state index contributed by atoms with van der Waals surface area (Å²) in [6.45, 7) is 10.0. The van der Waals surface area contributed by atoms with E-state index in [-0.39, 0.29) is 15.5 Å². The number of carboxylic acids is 1. The molecule has 35 heavy (non-hydrogen) atoms. The van der Waals surface area contributed by atoms with Crippen molar-refractivity contribution < 1.29 is 23.1 Å². The number of aryl methyl sites for hydroxylation is 3. The van der Waals surface area contributed by atoms with Crippen molar-refractivity contribution in [3.05, 3.63) is 75.1 Å². The van der Waals surface area contributed by atoms with E-state index in [1.165, 1.54) is 0 Å². The van der Waals surface area contributed by atoms with Crippen molar-refractivity contribution in [2.24, 2.45) is 0 Å². The molecule has 0 spiro atoms. The zero-order chi connectivity index (χ0) is 25.9. The fraction of sp³-hybridized carbons (Fsp3) is 0.370. The van der Waals surface area contributed by atoms with Gasteiger partial charge in [-0.3, -0.25) is 0 Å². The number of hydrogen-bond acceptors (Lipinski definition) is 4. The second-order valence-electron chi connectivity index (χ2n) is 8.66. The molecule has 0 bridgehead atoms. The van der Waals surface area contributed by atoms with Crippen LogP contribution >= 0.6 is 11.6 Å². The third kappa shape index (κ3) is 5.41. The van der Waals surface area contributed by atoms with Crippen LogP contribution in [-0.2, 0) is 29.2 Å². The molecule has 1 N–H and O–H groups in total. The van der Waals surface area contributed by atoms with Crippen LogP contribution in [0.15, 0.2) is 46.2 Å². The maximum Gasteiger partial charge on any atom is 0.352 e. The van der Waals surface area contributed by atoms with Crippen LogP contribution in [0, 0.1) is 20.8 Å². The summed E-state index contributed by atoms with van der Waals surface area (Å²) >= 11 is 6.23. The summed E-state index contributed by atoms with van der Waals surface area (Å²) < 4.78 is 34.8. The molecule has 0 aliphatic heterocycles. The number of ether oxygens (including phenoxy) is 1. The summed E-state index contributed by atoms with van der Waals surface area (Å²) in [4.78, 5) is 12.6. The minimum Gasteiger partial charge on any atom is -0.494 e. The molecule has 6 nitrogen and oxygen atoms in total. The van der Waals surface area contributed by atoms with Crippen molar-refractivity contribution in [3.8, 4) is 5.75 Å². The van der Waals surface area contributed by atoms with E-state index in [0.717, 1.165) is 16.7 Å². The summed E-state index contributed by atoms with van der Waals surface area (Å²) in [5.41, 5.74) is 3.69. The van der Waals surface area contributed by atoms with Crippen LogP contribution < -0.4 is 4.74 Å². The van der Waals surface area contributed by atoms with Crippen LogP contribution in [0.4, 0.5) is 0 Å². The van der Waals surface area contributed by atoms with Gasteiger partial charge in [-0.1, -0.05) is 43.1 Å². The van der Waals surface area contributed by atoms with E-state index in [0.29, 0.717) is 54.4 Å². The van der Waals surface area contributed by atoms with Gasteiger partial charge in [0.2, 0.25) is 9.84 Å². The van der Waals surface area contributed by atoms with Crippen molar-refractivity contribution in [1.29, 1.82) is 0 Å². The molecule has 0 fully saturated rings. The van der Waals surface area contributed by atoms with Gasteiger partial charge in [0.15, 0.2) is 0 Å². The average molecular weight is 518 g/mol. The molecule has 2 aromatic carbocycles. The topological polar surface area (TPSA) is 85.6 Å². The predicted molar refractivity (Wildman–Crippen MR) is 138 cm³/mol. The molecule has 1 heterocycles. The Morgan fingerprint density at radius 1 is 1.03 bits per heavy atom. The Balaban J connectivity index is 1.96. The lowest BCUT2D eigenvalue weighted by Gasteiger charge is -2.13. The van der Waals surface area contributed by atoms with Gasteiger partial charge in [0, 0.05) is 22.8 Å². The Morgan fingerprint density at radius 3 is 2.14 bits per heavy atom. The number of rotatable bonds is 10. The molecular formula is C27H32ClNO5S. The van der Waals surface area contributed by atoms with Gasteiger partial charge in [-0.05, 0) is 75.4 Å². The number of carbonyl (C=O) groups is 1. The highest BCUT2D eigenvalue weighted by molar-refractivity contribution is 7.91. The van der Waals surface area contributed by atoms with Crippen LogP contribution in [0.25, 0.3) is 0 Å². The van der Waals surface area contributed by atoms with Crippen LogP contribution in [0.2, 0.25) is 5.02 Å². The Morgan fingerprint density at radius 2 is 1.63 bits per heavy atom. The fourth-order valence-corrected chi connectivity index (χ4v) is 6.40. The van der Waals surface area contributed by atoms with Gasteiger partial charge in [-0.25, -0.2) is 13.2 Å². The molecule has 0 unspecified atom stereocenters. The third-order valence-corrected chi connectivity index (χ3v) is 8.62. The molecular weight excluding hydrogens is 486 g/mol. The SMILES string of the molecule is CCc1c(S(=O)(=O)c2ccc(C)cc2)c(CC)n(CCCOc2cc(C)c(Cl)c(C)c2)c1C(=O)O. The third-order valence-electron chi connectivity index (χ3n) is 6.11. The number of hydrogen-bond donors (Lipinski definition) is 1. The van der Waals surface area contributed by atoms with Gasteiger partial charge in [0.05, 0.1) is 16.4 Å². The predicted octanol–water partition coefficient (Wildman–Crippen LogP) is 6.19. The molecule has 0 saturated carbocycles. The summed E-state index contributed by atoms with van der Waals surface area (Å²) in [5.74, 6) is -0.435. The first-order chi connectivity index (χ1) is 16.5. The molecule has 0 radical (unpaired) electrons. The first-order valence-electron chi connectivity index (χ1n) is 11.7. The highest BCUT2D eigenvalue weighted by atomic mass is 35.5. The average Bonchev–Trinajstić information content (AvgIpc) is 3.14. The molecule has 188 valence electrons. The van der Waals surface area contributed by atoms with Gasteiger partial charge in [0.25, 0.3) is 0 Å². The van der Waals surface area contributed by atoms with Gasteiger partial charge in [-0.2, -0.15) is 0 Å². The minimum absolute atomic E-state index is 0.0354. The second-order valence-corrected chi connectivity index (χ2v) is 10.9. The molecule has 1 aromatic heterocycles. The van der Waals surface area contributed by atoms with E-state index >= 15 is 0 Å². The monoisotopic (exact) mass is 517 g/mol. The minimum atomic E-state index is -3.89. The summed E-state index contributed by atoms with van der Waals surface area (Å²) in [7, 11) is -3.89. The molecule has 0 saturated heterocycles. The zero-order valence-corrected chi connectivity index (χ0v) is 22.4. The Labute approximate surface area is 212 Å². The maximum atomic E-state index is 13.7. The Hall–Kier alpha value is -2.77. The molecule has 0 aliphatic carbocycles. The van der Waals surface area contributed by atoms with Crippen molar-refractivity contribution >= 4 is 27.4 Å². The van der Waals surface area contributed by atoms with E-state index in [9.17, 15) is 18.3 Å². The highest BCUT2D eigenvalue weighted by Gasteiger charge is 2.33. The Bertz CT molecular complexity index is 1320. The first kappa shape index (κ1) is 26.8. The van der Waals surface area contributed by atoms with Crippen LogP contribution in [0.1, 0.15) is 58.7 Å². The van der Waals surface area contributed by atoms with Gasteiger partial charge in [0.1, 0.15) is 11.4 Å². The smallest absolute Gasteiger partial charge is 0.352 e. The molecule has 8 heteroatoms. The second kappa shape index (κ2) is 10.9. The summed E-state index contributed by atoms with van der Waals surface area (Å²) in [6, 6.07) is 10.4. The molecule has 3 aromatic rings. The molecule has 0 aliphatic rings. The van der Waals surface area contributed by atoms with E-state index in [1.807, 2.05) is 39.8 Å². The highest BCUT2D eigenvalue weighted by Crippen LogP contribution is 2.34. The fourth-order valence-electron chi connectivity index (χ4n) is 4.43. The largest absolute Gasteiger partial charge is 0.494 e. The maximum absolute atomic E-state index is 13.7. The zero-order valence-electron chi connectivity index (χ0n) is 20.8. The Kier molecular flexibility index (Phi) is 8.34. The van der Waals surface area contributed by atoms with Crippen molar-refractivity contribution in [2.75, 3.05) is 6.61 Å². The van der Waals surface area contributed by atoms with Gasteiger partial charge in [-0.15, -0.1) is 0 Å². The van der Waals surface area contributed by atoms with Crippen LogP contribution in [-0.4, -0.2) is 30.7 Å². The molecule has 0 atom stereocenters. The van der Waals surface area contributed by atoms with Crippen molar-refractivity contribution in [1.82, 2.24) is 4.57 Å². The summed E-state index contributed by atoms with van der Waals surface area (Å²) in [5, 5.41) is 10.8. The van der Waals surface area contributed by atoms with E-state index < -0.39 is 15.8 Å². The lowest BCUT2D eigenvalue weighted by molar-refractivity contribution is 0.0682. The number of aromatic carboxylic acids is 1. The van der Waals surface area contributed by atoms with E-state index in [1.54, 1.807) is 35.8 Å². The number of benzene rings is 2. The van der Waals surface area contributed by atoms with Crippen LogP contribution in [0.3, 0.4) is 0 Å². The number of carboxylic acid groups (broad SMARTS) is 1. The quantitative estimate of drug-likeness (QED) is 0.324. The first-order valence-corrected chi connectivity index (χ1v) is 13.6. The van der Waals surface area contributed by atoms with Gasteiger partial charge >= 0.3 is 5.97 Å². The standard InChI is InChI=1S/C27H32ClNO5S/c1-6-22-25(27(30)31)29(13-8-14-34-20-15-18(4)24(28)19(5)16-20)23(7-2)26(22)35(32,33)21-11-9-17(3)10-12-21/h9-12,15-16H,6-8,13-14H2,1-5H3,(H,30,31). The van der Waals surface area contributed by atoms with E-state index in [4.69, 9.17) is 16.3 Å². The van der Waals surface area contributed by atoms with Crippen molar-refractivity contribution in [2.45, 2.75) is 70.2 Å². The number of nitrogens with zero attached hydrogens (tertiary/aromatic N) is 1. The molecule has 0 amide bonds. The summed E-state index contributed by atoms with van der Waals surface area (Å²) in [6.07, 6.45) is 1.19. The van der Waals surface area contributed by atoms with Crippen molar-refractivity contribution in [3.63, 3.8) is 0 Å².